The Morgan fingerprint density at radius 3 is 2.63 bits per heavy atom. The molecule has 2 N–H and O–H groups in total. The molecule has 2 aromatic heterocycles. The summed E-state index contributed by atoms with van der Waals surface area (Å²) in [4.78, 5) is 4.96. The Hall–Kier alpha value is -2.50. The zero-order valence-corrected chi connectivity index (χ0v) is 16.7. The first-order chi connectivity index (χ1) is 13.0. The molecule has 1 atom stereocenters. The fraction of sp³-hybridized carbons (Fsp3) is 0.273. The largest absolute Gasteiger partial charge is 0.300 e. The Kier molecular flexibility index (Phi) is 4.81. The van der Waals surface area contributed by atoms with Gasteiger partial charge in [-0.2, -0.15) is 5.10 Å². The summed E-state index contributed by atoms with van der Waals surface area (Å²) in [6.45, 7) is 7.35. The van der Waals surface area contributed by atoms with Gasteiger partial charge in [0.15, 0.2) is 0 Å². The Balaban J connectivity index is 1.65. The highest BCUT2D eigenvalue weighted by atomic mass is 32.1. The fourth-order valence-electron chi connectivity index (χ4n) is 3.15. The van der Waals surface area contributed by atoms with Crippen LogP contribution >= 0.6 is 11.3 Å². The van der Waals surface area contributed by atoms with Gasteiger partial charge in [0.25, 0.3) is 0 Å². The third kappa shape index (κ3) is 3.80. The number of thiazole rings is 1. The smallest absolute Gasteiger partial charge is 0.114 e. The van der Waals surface area contributed by atoms with Crippen molar-refractivity contribution in [2.24, 2.45) is 0 Å². The van der Waals surface area contributed by atoms with E-state index in [-0.39, 0.29) is 11.5 Å². The molecule has 4 rings (SSSR count). The molecule has 0 radical (unpaired) electrons. The van der Waals surface area contributed by atoms with Gasteiger partial charge < -0.3 is 5.32 Å². The zero-order valence-electron chi connectivity index (χ0n) is 15.9. The van der Waals surface area contributed by atoms with Crippen molar-refractivity contribution < 1.29 is 0 Å². The fourth-order valence-corrected chi connectivity index (χ4v) is 4.29. The van der Waals surface area contributed by atoms with Gasteiger partial charge in [-0.25, -0.2) is 4.98 Å². The van der Waals surface area contributed by atoms with Crippen LogP contribution in [0.4, 0.5) is 0 Å². The molecule has 0 aliphatic heterocycles. The molecule has 5 heteroatoms. The van der Waals surface area contributed by atoms with E-state index in [1.165, 1.54) is 11.1 Å². The maximum Gasteiger partial charge on any atom is 0.114 e. The highest BCUT2D eigenvalue weighted by Crippen LogP contribution is 2.30. The summed E-state index contributed by atoms with van der Waals surface area (Å²) >= 11 is 1.73. The van der Waals surface area contributed by atoms with Crippen molar-refractivity contribution in [2.45, 2.75) is 38.8 Å². The maximum atomic E-state index is 4.96. The van der Waals surface area contributed by atoms with E-state index in [1.54, 1.807) is 11.3 Å². The van der Waals surface area contributed by atoms with Gasteiger partial charge >= 0.3 is 0 Å². The van der Waals surface area contributed by atoms with Crippen LogP contribution in [-0.2, 0) is 12.0 Å². The molecule has 2 aromatic carbocycles. The normalized spacial score (nSPS) is 13.1. The van der Waals surface area contributed by atoms with Crippen LogP contribution in [0.3, 0.4) is 0 Å². The molecule has 0 bridgehead atoms. The number of fused-ring (bicyclic) bond motifs is 1. The van der Waals surface area contributed by atoms with Crippen LogP contribution < -0.4 is 5.32 Å². The number of para-hydroxylation sites is 1. The monoisotopic (exact) mass is 376 g/mol. The first-order valence-electron chi connectivity index (χ1n) is 9.17. The lowest BCUT2D eigenvalue weighted by Crippen LogP contribution is -2.22. The number of H-pyrrole nitrogens is 1. The van der Waals surface area contributed by atoms with Gasteiger partial charge in [-0.05, 0) is 11.1 Å². The van der Waals surface area contributed by atoms with E-state index in [1.807, 2.05) is 12.3 Å². The van der Waals surface area contributed by atoms with E-state index in [2.05, 4.69) is 84.1 Å². The molecule has 4 nitrogen and oxygen atoms in total. The topological polar surface area (TPSA) is 53.6 Å². The van der Waals surface area contributed by atoms with Crippen LogP contribution in [-0.4, -0.2) is 15.2 Å². The van der Waals surface area contributed by atoms with Gasteiger partial charge in [0.2, 0.25) is 0 Å². The molecule has 138 valence electrons. The first kappa shape index (κ1) is 17.9. The number of hydrogen-bond acceptors (Lipinski definition) is 4. The molecule has 0 aliphatic rings. The number of nitrogens with zero attached hydrogens (tertiary/aromatic N) is 2. The van der Waals surface area contributed by atoms with Crippen LogP contribution in [0, 0.1) is 0 Å². The molecule has 0 saturated carbocycles. The van der Waals surface area contributed by atoms with Crippen molar-refractivity contribution in [2.75, 3.05) is 0 Å². The summed E-state index contributed by atoms with van der Waals surface area (Å²) in [6, 6.07) is 16.9. The van der Waals surface area contributed by atoms with Crippen molar-refractivity contribution in [3.63, 3.8) is 0 Å². The number of hydrogen-bond donors (Lipinski definition) is 2. The Morgan fingerprint density at radius 1 is 1.07 bits per heavy atom. The van der Waals surface area contributed by atoms with Crippen molar-refractivity contribution >= 4 is 22.2 Å². The molecular formula is C22H24N4S. The molecule has 2 heterocycles. The van der Waals surface area contributed by atoms with Crippen LogP contribution in [0.2, 0.25) is 0 Å². The van der Waals surface area contributed by atoms with Crippen LogP contribution in [0.25, 0.3) is 10.9 Å². The highest BCUT2D eigenvalue weighted by molar-refractivity contribution is 7.09. The molecule has 1 unspecified atom stereocenters. The van der Waals surface area contributed by atoms with Gasteiger partial charge in [-0.15, -0.1) is 11.3 Å². The molecule has 0 amide bonds. The summed E-state index contributed by atoms with van der Waals surface area (Å²) in [5, 5.41) is 15.4. The molecule has 4 aromatic rings. The minimum Gasteiger partial charge on any atom is -0.300 e. The van der Waals surface area contributed by atoms with Crippen LogP contribution in [0.1, 0.15) is 48.6 Å². The first-order valence-corrected chi connectivity index (χ1v) is 10.1. The molecule has 0 spiro atoms. The van der Waals surface area contributed by atoms with Gasteiger partial charge in [0.1, 0.15) is 5.01 Å². The van der Waals surface area contributed by atoms with Crippen molar-refractivity contribution in [3.05, 3.63) is 81.9 Å². The Labute approximate surface area is 163 Å². The van der Waals surface area contributed by atoms with Crippen molar-refractivity contribution in [1.29, 1.82) is 0 Å². The number of benzene rings is 2. The summed E-state index contributed by atoms with van der Waals surface area (Å²) in [5.74, 6) is 0. The SMILES string of the molecule is CC(C)(C)c1csc(C(NCc2cccc3cn[nH]c23)c2ccccc2)n1. The van der Waals surface area contributed by atoms with Crippen LogP contribution in [0.5, 0.6) is 0 Å². The van der Waals surface area contributed by atoms with E-state index < -0.39 is 0 Å². The summed E-state index contributed by atoms with van der Waals surface area (Å²) in [5.41, 5.74) is 4.71. The second-order valence-corrected chi connectivity index (χ2v) is 8.69. The van der Waals surface area contributed by atoms with E-state index in [4.69, 9.17) is 4.98 Å². The molecule has 0 saturated heterocycles. The molecule has 0 aliphatic carbocycles. The standard InChI is InChI=1S/C22H24N4S/c1-22(2,3)18-14-27-21(25-18)20(15-8-5-4-6-9-15)23-12-16-10-7-11-17-13-24-26-19(16)17/h4-11,13-14,20,23H,12H2,1-3H3,(H,24,26). The summed E-state index contributed by atoms with van der Waals surface area (Å²) in [6.07, 6.45) is 1.87. The summed E-state index contributed by atoms with van der Waals surface area (Å²) in [7, 11) is 0. The zero-order chi connectivity index (χ0) is 18.9. The predicted octanol–water partition coefficient (Wildman–Crippen LogP) is 5.20. The lowest BCUT2D eigenvalue weighted by molar-refractivity contribution is 0.558. The number of aromatic nitrogens is 3. The van der Waals surface area contributed by atoms with Crippen molar-refractivity contribution in [3.8, 4) is 0 Å². The average Bonchev–Trinajstić information content (AvgIpc) is 3.32. The van der Waals surface area contributed by atoms with Gasteiger partial charge in [0, 0.05) is 22.7 Å². The lowest BCUT2D eigenvalue weighted by Gasteiger charge is -2.18. The third-order valence-electron chi connectivity index (χ3n) is 4.73. The second-order valence-electron chi connectivity index (χ2n) is 7.80. The van der Waals surface area contributed by atoms with Gasteiger partial charge in [-0.1, -0.05) is 69.3 Å². The van der Waals surface area contributed by atoms with Crippen molar-refractivity contribution in [1.82, 2.24) is 20.5 Å². The average molecular weight is 377 g/mol. The molecule has 0 fully saturated rings. The van der Waals surface area contributed by atoms with E-state index in [0.29, 0.717) is 0 Å². The number of rotatable bonds is 5. The van der Waals surface area contributed by atoms with Gasteiger partial charge in [0.05, 0.1) is 23.4 Å². The van der Waals surface area contributed by atoms with Crippen LogP contribution in [0.15, 0.2) is 60.1 Å². The second kappa shape index (κ2) is 7.25. The maximum absolute atomic E-state index is 4.96. The minimum atomic E-state index is 0.0531. The quantitative estimate of drug-likeness (QED) is 0.503. The molecular weight excluding hydrogens is 352 g/mol. The van der Waals surface area contributed by atoms with E-state index in [9.17, 15) is 0 Å². The molecule has 27 heavy (non-hydrogen) atoms. The highest BCUT2D eigenvalue weighted by Gasteiger charge is 2.22. The van der Waals surface area contributed by atoms with Gasteiger partial charge in [-0.3, -0.25) is 5.10 Å². The van der Waals surface area contributed by atoms with E-state index >= 15 is 0 Å². The Morgan fingerprint density at radius 2 is 1.89 bits per heavy atom. The predicted molar refractivity (Wildman–Crippen MR) is 112 cm³/mol. The lowest BCUT2D eigenvalue weighted by atomic mass is 9.93. The Bertz CT molecular complexity index is 1030. The third-order valence-corrected chi connectivity index (χ3v) is 5.64. The number of nitrogens with one attached hydrogen (secondary N) is 2. The summed E-state index contributed by atoms with van der Waals surface area (Å²) < 4.78 is 0. The van der Waals surface area contributed by atoms with E-state index in [0.717, 1.165) is 28.1 Å². The number of aromatic amines is 1. The minimum absolute atomic E-state index is 0.0531.